The molecule has 0 saturated carbocycles. The maximum absolute atomic E-state index is 13.4. The van der Waals surface area contributed by atoms with Crippen molar-refractivity contribution in [3.63, 3.8) is 0 Å². The van der Waals surface area contributed by atoms with Gasteiger partial charge in [-0.3, -0.25) is 4.90 Å². The van der Waals surface area contributed by atoms with E-state index >= 15 is 0 Å². The van der Waals surface area contributed by atoms with Gasteiger partial charge in [0.05, 0.1) is 25.6 Å². The fourth-order valence-corrected chi connectivity index (χ4v) is 3.34. The highest BCUT2D eigenvalue weighted by Crippen LogP contribution is 2.09. The first-order chi connectivity index (χ1) is 10.9. The third-order valence-electron chi connectivity index (χ3n) is 3.79. The van der Waals surface area contributed by atoms with Crippen molar-refractivity contribution >= 4 is 10.0 Å². The van der Waals surface area contributed by atoms with Gasteiger partial charge in [-0.25, -0.2) is 12.8 Å². The highest BCUT2D eigenvalue weighted by molar-refractivity contribution is 7.88. The Labute approximate surface area is 136 Å². The Kier molecular flexibility index (Phi) is 6.49. The van der Waals surface area contributed by atoms with E-state index in [2.05, 4.69) is 0 Å². The predicted octanol–water partition coefficient (Wildman–Crippen LogP) is 0.280. The molecule has 0 radical (unpaired) electrons. The molecule has 8 heteroatoms. The number of aliphatic hydroxyl groups excluding tert-OH is 1. The van der Waals surface area contributed by atoms with Crippen LogP contribution in [0.2, 0.25) is 0 Å². The number of hydrogen-bond donors (Lipinski definition) is 1. The van der Waals surface area contributed by atoms with E-state index in [1.165, 1.54) is 16.6 Å². The number of benzene rings is 1. The van der Waals surface area contributed by atoms with Crippen molar-refractivity contribution in [2.45, 2.75) is 12.7 Å². The average molecular weight is 346 g/mol. The molecule has 1 atom stereocenters. The highest BCUT2D eigenvalue weighted by Gasteiger charge is 2.24. The van der Waals surface area contributed by atoms with E-state index in [1.54, 1.807) is 18.2 Å². The second-order valence-electron chi connectivity index (χ2n) is 5.72. The van der Waals surface area contributed by atoms with Crippen LogP contribution < -0.4 is 0 Å². The second kappa shape index (κ2) is 8.16. The quantitative estimate of drug-likeness (QED) is 0.768. The lowest BCUT2D eigenvalue weighted by molar-refractivity contribution is 0.00471. The summed E-state index contributed by atoms with van der Waals surface area (Å²) in [6.07, 6.45) is 0.514. The molecule has 0 aliphatic carbocycles. The van der Waals surface area contributed by atoms with E-state index in [1.807, 2.05) is 4.90 Å². The highest BCUT2D eigenvalue weighted by atomic mass is 32.2. The van der Waals surface area contributed by atoms with Gasteiger partial charge in [0.25, 0.3) is 0 Å². The molecule has 1 saturated heterocycles. The van der Waals surface area contributed by atoms with Gasteiger partial charge in [-0.15, -0.1) is 0 Å². The molecule has 1 heterocycles. The van der Waals surface area contributed by atoms with Crippen LogP contribution in [0.3, 0.4) is 0 Å². The molecule has 0 bridgehead atoms. The predicted molar refractivity (Wildman–Crippen MR) is 84.9 cm³/mol. The van der Waals surface area contributed by atoms with Crippen LogP contribution in [0.1, 0.15) is 5.56 Å². The second-order valence-corrected chi connectivity index (χ2v) is 7.71. The van der Waals surface area contributed by atoms with Crippen LogP contribution in [0.4, 0.5) is 4.39 Å². The monoisotopic (exact) mass is 346 g/mol. The number of sulfonamides is 1. The summed E-state index contributed by atoms with van der Waals surface area (Å²) in [6.45, 7) is 2.67. The lowest BCUT2D eigenvalue weighted by Gasteiger charge is -2.34. The van der Waals surface area contributed by atoms with Gasteiger partial charge >= 0.3 is 0 Å². The molecule has 1 unspecified atom stereocenters. The molecule has 0 spiro atoms. The lowest BCUT2D eigenvalue weighted by Crippen LogP contribution is -2.50. The van der Waals surface area contributed by atoms with Crippen LogP contribution in [0.5, 0.6) is 0 Å². The average Bonchev–Trinajstić information content (AvgIpc) is 2.49. The minimum atomic E-state index is -3.14. The first-order valence-electron chi connectivity index (χ1n) is 7.53. The van der Waals surface area contributed by atoms with Gasteiger partial charge < -0.3 is 9.84 Å². The van der Waals surface area contributed by atoms with E-state index in [9.17, 15) is 17.9 Å². The van der Waals surface area contributed by atoms with Crippen molar-refractivity contribution in [3.8, 4) is 0 Å². The summed E-state index contributed by atoms with van der Waals surface area (Å²) in [7, 11) is -3.14. The van der Waals surface area contributed by atoms with Crippen molar-refractivity contribution in [2.75, 3.05) is 45.6 Å². The molecule has 0 amide bonds. The van der Waals surface area contributed by atoms with Crippen molar-refractivity contribution in [2.24, 2.45) is 0 Å². The number of β-amino-alcohol motifs (C(OH)–C–C–N with tert-alkyl or cyclic N) is 1. The molecule has 1 aromatic carbocycles. The first-order valence-corrected chi connectivity index (χ1v) is 9.38. The summed E-state index contributed by atoms with van der Waals surface area (Å²) in [4.78, 5) is 2.00. The molecular formula is C15H23FN2O4S. The van der Waals surface area contributed by atoms with Crippen LogP contribution in [0.25, 0.3) is 0 Å². The normalized spacial score (nSPS) is 18.9. The van der Waals surface area contributed by atoms with Crippen LogP contribution in [-0.2, 0) is 21.4 Å². The smallest absolute Gasteiger partial charge is 0.211 e. The van der Waals surface area contributed by atoms with Crippen molar-refractivity contribution in [1.29, 1.82) is 0 Å². The number of rotatable bonds is 7. The SMILES string of the molecule is CS(=O)(=O)N1CCN(CC(O)COCc2ccccc2F)CC1. The summed E-state index contributed by atoms with van der Waals surface area (Å²) in [5.74, 6) is -0.320. The van der Waals surface area contributed by atoms with Gasteiger partial charge in [-0.2, -0.15) is 4.31 Å². The molecule has 23 heavy (non-hydrogen) atoms. The fraction of sp³-hybridized carbons (Fsp3) is 0.600. The summed E-state index contributed by atoms with van der Waals surface area (Å²) >= 11 is 0. The molecule has 0 aromatic heterocycles. The van der Waals surface area contributed by atoms with Gasteiger partial charge in [0.1, 0.15) is 5.82 Å². The third kappa shape index (κ3) is 5.82. The van der Waals surface area contributed by atoms with Crippen molar-refractivity contribution in [1.82, 2.24) is 9.21 Å². The number of nitrogens with zero attached hydrogens (tertiary/aromatic N) is 2. The summed E-state index contributed by atoms with van der Waals surface area (Å²) in [5.41, 5.74) is 0.460. The molecule has 1 N–H and O–H groups in total. The van der Waals surface area contributed by atoms with Gasteiger partial charge in [0.2, 0.25) is 10.0 Å². The molecule has 1 fully saturated rings. The van der Waals surface area contributed by atoms with Crippen molar-refractivity contribution in [3.05, 3.63) is 35.6 Å². The number of hydrogen-bond acceptors (Lipinski definition) is 5. The van der Waals surface area contributed by atoms with E-state index in [0.717, 1.165) is 0 Å². The van der Waals surface area contributed by atoms with Crippen LogP contribution in [-0.4, -0.2) is 74.4 Å². The molecule has 130 valence electrons. The third-order valence-corrected chi connectivity index (χ3v) is 5.10. The van der Waals surface area contributed by atoms with E-state index in [0.29, 0.717) is 38.3 Å². The molecule has 1 aromatic rings. The Balaban J connectivity index is 1.68. The molecule has 1 aliphatic rings. The van der Waals surface area contributed by atoms with E-state index < -0.39 is 16.1 Å². The summed E-state index contributed by atoms with van der Waals surface area (Å²) < 4.78 is 43.1. The Hall–Kier alpha value is -1.06. The Morgan fingerprint density at radius 3 is 2.52 bits per heavy atom. The van der Waals surface area contributed by atoms with Gasteiger partial charge in [0, 0.05) is 38.3 Å². The standard InChI is InChI=1S/C15H23FN2O4S/c1-23(20,21)18-8-6-17(7-9-18)10-14(19)12-22-11-13-4-2-3-5-15(13)16/h2-5,14,19H,6-12H2,1H3. The fourth-order valence-electron chi connectivity index (χ4n) is 2.51. The van der Waals surface area contributed by atoms with Gasteiger partial charge in [0.15, 0.2) is 0 Å². The van der Waals surface area contributed by atoms with E-state index in [4.69, 9.17) is 4.74 Å². The topological polar surface area (TPSA) is 70.1 Å². The van der Waals surface area contributed by atoms with Crippen LogP contribution in [0, 0.1) is 5.82 Å². The Morgan fingerprint density at radius 2 is 1.91 bits per heavy atom. The molecule has 1 aliphatic heterocycles. The Morgan fingerprint density at radius 1 is 1.26 bits per heavy atom. The Bertz CT molecular complexity index is 603. The number of ether oxygens (including phenoxy) is 1. The molecule has 2 rings (SSSR count). The minimum absolute atomic E-state index is 0.112. The number of aliphatic hydroxyl groups is 1. The van der Waals surface area contributed by atoms with Gasteiger partial charge in [-0.1, -0.05) is 18.2 Å². The lowest BCUT2D eigenvalue weighted by atomic mass is 10.2. The van der Waals surface area contributed by atoms with E-state index in [-0.39, 0.29) is 19.0 Å². The zero-order valence-electron chi connectivity index (χ0n) is 13.2. The van der Waals surface area contributed by atoms with Crippen LogP contribution >= 0.6 is 0 Å². The minimum Gasteiger partial charge on any atom is -0.389 e. The largest absolute Gasteiger partial charge is 0.389 e. The zero-order chi connectivity index (χ0) is 16.9. The maximum Gasteiger partial charge on any atom is 0.211 e. The van der Waals surface area contributed by atoms with Crippen molar-refractivity contribution < 1.29 is 22.7 Å². The maximum atomic E-state index is 13.4. The number of piperazine rings is 1. The number of halogens is 1. The first kappa shape index (κ1) is 18.3. The van der Waals surface area contributed by atoms with Crippen LogP contribution in [0.15, 0.2) is 24.3 Å². The van der Waals surface area contributed by atoms with Gasteiger partial charge in [-0.05, 0) is 6.07 Å². The molecule has 6 nitrogen and oxygen atoms in total. The zero-order valence-corrected chi connectivity index (χ0v) is 14.0. The summed E-state index contributed by atoms with van der Waals surface area (Å²) in [5, 5.41) is 9.98. The molecular weight excluding hydrogens is 323 g/mol. The summed E-state index contributed by atoms with van der Waals surface area (Å²) in [6, 6.07) is 6.37.